The smallest absolute Gasteiger partial charge is 0.0211 e. The topological polar surface area (TPSA) is 3.24 Å². The number of hydrogen-bond donors (Lipinski definition) is 0. The summed E-state index contributed by atoms with van der Waals surface area (Å²) in [5.41, 5.74) is 2.70. The van der Waals surface area contributed by atoms with Crippen LogP contribution < -0.4 is 0 Å². The standard InChI is InChI=1S/C12H14N/c1-13(2)12-9-5-7-10-6-3-4-8-11(10)12/h3-8H,9H2,1-2H3/q-1. The van der Waals surface area contributed by atoms with Crippen LogP contribution in [0.5, 0.6) is 0 Å². The van der Waals surface area contributed by atoms with Gasteiger partial charge in [0.15, 0.2) is 0 Å². The minimum absolute atomic E-state index is 1.05. The summed E-state index contributed by atoms with van der Waals surface area (Å²) in [6, 6.07) is 9.93. The first kappa shape index (κ1) is 8.39. The second-order valence-electron chi connectivity index (χ2n) is 3.53. The van der Waals surface area contributed by atoms with Crippen LogP contribution in [0, 0.1) is 6.04 Å². The summed E-state index contributed by atoms with van der Waals surface area (Å²) in [7, 11) is 4.20. The van der Waals surface area contributed by atoms with E-state index in [1.807, 2.05) is 0 Å². The van der Waals surface area contributed by atoms with Crippen molar-refractivity contribution in [2.24, 2.45) is 0 Å². The largest absolute Gasteiger partial charge is 0.336 e. The first-order valence-electron chi connectivity index (χ1n) is 4.58. The molecule has 13 heavy (non-hydrogen) atoms. The van der Waals surface area contributed by atoms with Crippen molar-refractivity contribution in [3.8, 4) is 0 Å². The third-order valence-corrected chi connectivity index (χ3v) is 2.42. The molecule has 1 aliphatic carbocycles. The molecule has 1 aromatic rings. The van der Waals surface area contributed by atoms with Crippen LogP contribution in [0.25, 0.3) is 6.08 Å². The zero-order valence-electron chi connectivity index (χ0n) is 8.12. The van der Waals surface area contributed by atoms with E-state index in [-0.39, 0.29) is 0 Å². The van der Waals surface area contributed by atoms with Crippen LogP contribution in [-0.2, 0) is 0 Å². The predicted octanol–water partition coefficient (Wildman–Crippen LogP) is 2.55. The molecular formula is C12H14N-. The van der Waals surface area contributed by atoms with Crippen molar-refractivity contribution in [2.75, 3.05) is 14.1 Å². The lowest BCUT2D eigenvalue weighted by molar-refractivity contribution is 0.433. The normalized spacial score (nSPS) is 14.8. The Balaban J connectivity index is 2.43. The van der Waals surface area contributed by atoms with Crippen LogP contribution >= 0.6 is 0 Å². The summed E-state index contributed by atoms with van der Waals surface area (Å²) in [6.45, 7) is 0. The highest BCUT2D eigenvalue weighted by Crippen LogP contribution is 2.29. The Kier molecular flexibility index (Phi) is 2.11. The summed E-state index contributed by atoms with van der Waals surface area (Å²) in [6.07, 6.45) is 5.46. The van der Waals surface area contributed by atoms with E-state index in [9.17, 15) is 0 Å². The molecular weight excluding hydrogens is 158 g/mol. The van der Waals surface area contributed by atoms with Crippen molar-refractivity contribution in [3.63, 3.8) is 0 Å². The van der Waals surface area contributed by atoms with E-state index in [4.69, 9.17) is 0 Å². The molecule has 0 saturated carbocycles. The van der Waals surface area contributed by atoms with Gasteiger partial charge in [0, 0.05) is 0 Å². The maximum absolute atomic E-state index is 2.22. The summed E-state index contributed by atoms with van der Waals surface area (Å²) in [5.74, 6) is 0. The number of rotatable bonds is 1. The van der Waals surface area contributed by atoms with Crippen molar-refractivity contribution in [2.45, 2.75) is 6.42 Å². The Morgan fingerprint density at radius 1 is 1.23 bits per heavy atom. The molecule has 0 atom stereocenters. The van der Waals surface area contributed by atoms with Crippen molar-refractivity contribution in [1.82, 2.24) is 4.90 Å². The summed E-state index contributed by atoms with van der Waals surface area (Å²) >= 11 is 0. The average Bonchev–Trinajstić information content (AvgIpc) is 2.17. The van der Waals surface area contributed by atoms with Gasteiger partial charge in [0.05, 0.1) is 0 Å². The van der Waals surface area contributed by atoms with Crippen molar-refractivity contribution in [3.05, 3.63) is 47.5 Å². The Labute approximate surface area is 79.7 Å². The van der Waals surface area contributed by atoms with Gasteiger partial charge in [-0.3, -0.25) is 0 Å². The fourth-order valence-electron chi connectivity index (χ4n) is 1.74. The van der Waals surface area contributed by atoms with Gasteiger partial charge in [-0.05, 0) is 20.5 Å². The Morgan fingerprint density at radius 3 is 2.77 bits per heavy atom. The van der Waals surface area contributed by atoms with Crippen molar-refractivity contribution in [1.29, 1.82) is 0 Å². The van der Waals surface area contributed by atoms with Crippen LogP contribution in [0.4, 0.5) is 0 Å². The van der Waals surface area contributed by atoms with Crippen LogP contribution in [-0.4, -0.2) is 19.0 Å². The first-order valence-corrected chi connectivity index (χ1v) is 4.58. The highest BCUT2D eigenvalue weighted by Gasteiger charge is 2.08. The molecule has 0 N–H and O–H groups in total. The monoisotopic (exact) mass is 172 g/mol. The van der Waals surface area contributed by atoms with E-state index in [1.54, 1.807) is 0 Å². The number of hydrogen-bond acceptors (Lipinski definition) is 1. The van der Waals surface area contributed by atoms with Gasteiger partial charge in [-0.25, -0.2) is 0 Å². The summed E-state index contributed by atoms with van der Waals surface area (Å²) in [5, 5.41) is 0. The lowest BCUT2D eigenvalue weighted by atomic mass is 9.92. The van der Waals surface area contributed by atoms with E-state index >= 15 is 0 Å². The molecule has 0 aromatic heterocycles. The van der Waals surface area contributed by atoms with Crippen LogP contribution in [0.1, 0.15) is 17.5 Å². The maximum Gasteiger partial charge on any atom is -0.0211 e. The third kappa shape index (κ3) is 1.47. The highest BCUT2D eigenvalue weighted by molar-refractivity contribution is 5.61. The van der Waals surface area contributed by atoms with Gasteiger partial charge in [0.25, 0.3) is 0 Å². The number of benzene rings is 1. The molecule has 0 bridgehead atoms. The van der Waals surface area contributed by atoms with E-state index in [2.05, 4.69) is 55.4 Å². The molecule has 0 amide bonds. The molecule has 2 rings (SSSR count). The van der Waals surface area contributed by atoms with Crippen molar-refractivity contribution < 1.29 is 0 Å². The molecule has 0 saturated heterocycles. The second kappa shape index (κ2) is 3.27. The molecule has 0 fully saturated rings. The van der Waals surface area contributed by atoms with Crippen molar-refractivity contribution >= 4 is 6.08 Å². The Hall–Kier alpha value is -1.21. The summed E-state index contributed by atoms with van der Waals surface area (Å²) in [4.78, 5) is 2.20. The molecule has 1 heteroatoms. The third-order valence-electron chi connectivity index (χ3n) is 2.42. The SMILES string of the molecule is CN(C)[C-]1CC=Cc2ccccc21. The van der Waals surface area contributed by atoms with E-state index in [0.29, 0.717) is 0 Å². The van der Waals surface area contributed by atoms with Crippen LogP contribution in [0.15, 0.2) is 30.3 Å². The highest BCUT2D eigenvalue weighted by atomic mass is 15.1. The second-order valence-corrected chi connectivity index (χ2v) is 3.53. The molecule has 0 spiro atoms. The predicted molar refractivity (Wildman–Crippen MR) is 56.1 cm³/mol. The van der Waals surface area contributed by atoms with Gasteiger partial charge in [-0.1, -0.05) is 6.07 Å². The Bertz CT molecular complexity index is 326. The molecule has 1 nitrogen and oxygen atoms in total. The van der Waals surface area contributed by atoms with E-state index < -0.39 is 0 Å². The van der Waals surface area contributed by atoms with Gasteiger partial charge in [-0.2, -0.15) is 11.6 Å². The lowest BCUT2D eigenvalue weighted by Gasteiger charge is -2.36. The molecule has 0 radical (unpaired) electrons. The lowest BCUT2D eigenvalue weighted by Crippen LogP contribution is -2.22. The Morgan fingerprint density at radius 2 is 2.00 bits per heavy atom. The maximum atomic E-state index is 2.22. The minimum Gasteiger partial charge on any atom is -0.336 e. The fraction of sp³-hybridized carbons (Fsp3) is 0.250. The van der Waals surface area contributed by atoms with Crippen LogP contribution in [0.2, 0.25) is 0 Å². The molecule has 1 aromatic carbocycles. The van der Waals surface area contributed by atoms with Gasteiger partial charge in [0.2, 0.25) is 0 Å². The van der Waals surface area contributed by atoms with E-state index in [1.165, 1.54) is 17.2 Å². The fourth-order valence-corrected chi connectivity index (χ4v) is 1.74. The van der Waals surface area contributed by atoms with E-state index in [0.717, 1.165) is 6.42 Å². The molecule has 1 aliphatic rings. The molecule has 0 aliphatic heterocycles. The van der Waals surface area contributed by atoms with Gasteiger partial charge < -0.3 is 4.90 Å². The zero-order valence-corrected chi connectivity index (χ0v) is 8.12. The minimum atomic E-state index is 1.05. The van der Waals surface area contributed by atoms with Gasteiger partial charge >= 0.3 is 0 Å². The molecule has 0 unspecified atom stereocenters. The molecule has 68 valence electrons. The first-order chi connectivity index (χ1) is 6.29. The quantitative estimate of drug-likeness (QED) is 0.588. The van der Waals surface area contributed by atoms with Gasteiger partial charge in [-0.15, -0.1) is 35.9 Å². The van der Waals surface area contributed by atoms with Crippen LogP contribution in [0.3, 0.4) is 0 Å². The zero-order chi connectivity index (χ0) is 9.26. The molecule has 0 heterocycles. The summed E-state index contributed by atoms with van der Waals surface area (Å²) < 4.78 is 0. The van der Waals surface area contributed by atoms with Gasteiger partial charge in [0.1, 0.15) is 0 Å². The number of fused-ring (bicyclic) bond motifs is 1. The average molecular weight is 172 g/mol. The number of nitrogens with zero attached hydrogens (tertiary/aromatic N) is 1.